The van der Waals surface area contributed by atoms with Crippen LogP contribution in [0.4, 0.5) is 5.69 Å². The lowest BCUT2D eigenvalue weighted by atomic mass is 9.95. The van der Waals surface area contributed by atoms with Crippen LogP contribution in [0.1, 0.15) is 19.4 Å². The van der Waals surface area contributed by atoms with Gasteiger partial charge in [-0.3, -0.25) is 4.79 Å². The van der Waals surface area contributed by atoms with Crippen LogP contribution in [0.2, 0.25) is 0 Å². The van der Waals surface area contributed by atoms with Crippen molar-refractivity contribution >= 4 is 11.7 Å². The van der Waals surface area contributed by atoms with Crippen molar-refractivity contribution in [2.75, 3.05) is 19.5 Å². The maximum Gasteiger partial charge on any atom is 0.313 e. The Bertz CT molecular complexity index is 371. The summed E-state index contributed by atoms with van der Waals surface area (Å²) in [4.78, 5) is 11.4. The van der Waals surface area contributed by atoms with Crippen molar-refractivity contribution in [1.82, 2.24) is 0 Å². The van der Waals surface area contributed by atoms with E-state index in [9.17, 15) is 4.79 Å². The third kappa shape index (κ3) is 4.07. The standard InChI is InChI=1S/C13H19NO3/c1-13(2,12(15)16-3)9-17-8-10-4-6-11(14)7-5-10/h4-7H,8-9,14H2,1-3H3. The molecule has 1 rings (SSSR count). The van der Waals surface area contributed by atoms with Crippen LogP contribution in [0.5, 0.6) is 0 Å². The Morgan fingerprint density at radius 3 is 2.41 bits per heavy atom. The molecule has 0 saturated carbocycles. The number of methoxy groups -OCH3 is 1. The van der Waals surface area contributed by atoms with Crippen LogP contribution in [-0.4, -0.2) is 19.7 Å². The summed E-state index contributed by atoms with van der Waals surface area (Å²) in [6, 6.07) is 7.45. The first-order chi connectivity index (χ1) is 7.95. The summed E-state index contributed by atoms with van der Waals surface area (Å²) in [6.45, 7) is 4.37. The molecule has 0 heterocycles. The van der Waals surface area contributed by atoms with Crippen molar-refractivity contribution in [3.63, 3.8) is 0 Å². The number of rotatable bonds is 5. The highest BCUT2D eigenvalue weighted by molar-refractivity contribution is 5.75. The first-order valence-electron chi connectivity index (χ1n) is 5.46. The van der Waals surface area contributed by atoms with Gasteiger partial charge in [0.25, 0.3) is 0 Å². The first-order valence-corrected chi connectivity index (χ1v) is 5.46. The molecule has 0 atom stereocenters. The van der Waals surface area contributed by atoms with Crippen LogP contribution >= 0.6 is 0 Å². The van der Waals surface area contributed by atoms with Crippen LogP contribution in [0.25, 0.3) is 0 Å². The van der Waals surface area contributed by atoms with Crippen LogP contribution in [0.3, 0.4) is 0 Å². The summed E-state index contributed by atoms with van der Waals surface area (Å²) in [5, 5.41) is 0. The molecule has 0 spiro atoms. The molecular formula is C13H19NO3. The third-order valence-electron chi connectivity index (χ3n) is 2.45. The van der Waals surface area contributed by atoms with E-state index in [1.165, 1.54) is 7.11 Å². The van der Waals surface area contributed by atoms with E-state index >= 15 is 0 Å². The Morgan fingerprint density at radius 1 is 1.29 bits per heavy atom. The Hall–Kier alpha value is -1.55. The van der Waals surface area contributed by atoms with Crippen molar-refractivity contribution in [2.45, 2.75) is 20.5 Å². The predicted molar refractivity (Wildman–Crippen MR) is 66.3 cm³/mol. The van der Waals surface area contributed by atoms with Crippen molar-refractivity contribution in [1.29, 1.82) is 0 Å². The summed E-state index contributed by atoms with van der Waals surface area (Å²) >= 11 is 0. The van der Waals surface area contributed by atoms with E-state index < -0.39 is 5.41 Å². The smallest absolute Gasteiger partial charge is 0.313 e. The second kappa shape index (κ2) is 5.68. The molecule has 1 aromatic carbocycles. The zero-order valence-electron chi connectivity index (χ0n) is 10.5. The normalized spacial score (nSPS) is 11.2. The second-order valence-corrected chi connectivity index (χ2v) is 4.61. The van der Waals surface area contributed by atoms with E-state index in [0.717, 1.165) is 11.3 Å². The maximum atomic E-state index is 11.4. The number of ether oxygens (including phenoxy) is 2. The molecule has 0 bridgehead atoms. The average molecular weight is 237 g/mol. The summed E-state index contributed by atoms with van der Waals surface area (Å²) in [6.07, 6.45) is 0. The summed E-state index contributed by atoms with van der Waals surface area (Å²) in [7, 11) is 1.38. The summed E-state index contributed by atoms with van der Waals surface area (Å²) in [5.74, 6) is -0.269. The second-order valence-electron chi connectivity index (χ2n) is 4.61. The van der Waals surface area contributed by atoms with Gasteiger partial charge in [-0.15, -0.1) is 0 Å². The Labute approximate surface area is 102 Å². The van der Waals surface area contributed by atoms with E-state index in [0.29, 0.717) is 13.2 Å². The molecule has 0 radical (unpaired) electrons. The van der Waals surface area contributed by atoms with Gasteiger partial charge in [-0.1, -0.05) is 12.1 Å². The molecule has 0 unspecified atom stereocenters. The molecular weight excluding hydrogens is 218 g/mol. The molecule has 0 aliphatic heterocycles. The quantitative estimate of drug-likeness (QED) is 0.628. The van der Waals surface area contributed by atoms with Gasteiger partial charge in [-0.05, 0) is 31.5 Å². The summed E-state index contributed by atoms with van der Waals surface area (Å²) in [5.41, 5.74) is 6.71. The molecule has 94 valence electrons. The van der Waals surface area contributed by atoms with Crippen molar-refractivity contribution in [2.24, 2.45) is 5.41 Å². The minimum atomic E-state index is -0.622. The third-order valence-corrected chi connectivity index (χ3v) is 2.45. The van der Waals surface area contributed by atoms with E-state index in [2.05, 4.69) is 0 Å². The first kappa shape index (κ1) is 13.5. The lowest BCUT2D eigenvalue weighted by Gasteiger charge is -2.21. The molecule has 4 nitrogen and oxygen atoms in total. The van der Waals surface area contributed by atoms with E-state index in [-0.39, 0.29) is 5.97 Å². The molecule has 17 heavy (non-hydrogen) atoms. The lowest BCUT2D eigenvalue weighted by molar-refractivity contribution is -0.154. The number of hydrogen-bond acceptors (Lipinski definition) is 4. The maximum absolute atomic E-state index is 11.4. The van der Waals surface area contributed by atoms with Gasteiger partial charge in [0.1, 0.15) is 0 Å². The molecule has 0 aromatic heterocycles. The number of carbonyl (C=O) groups excluding carboxylic acids is 1. The van der Waals surface area contributed by atoms with Crippen molar-refractivity contribution in [3.8, 4) is 0 Å². The fraction of sp³-hybridized carbons (Fsp3) is 0.462. The number of anilines is 1. The number of nitrogens with two attached hydrogens (primary N) is 1. The topological polar surface area (TPSA) is 61.5 Å². The number of carbonyl (C=O) groups is 1. The van der Waals surface area contributed by atoms with Gasteiger partial charge in [0, 0.05) is 5.69 Å². The fourth-order valence-electron chi connectivity index (χ4n) is 1.37. The molecule has 4 heteroatoms. The molecule has 2 N–H and O–H groups in total. The summed E-state index contributed by atoms with van der Waals surface area (Å²) < 4.78 is 10.2. The van der Waals surface area contributed by atoms with Crippen LogP contribution in [0.15, 0.2) is 24.3 Å². The number of nitrogen functional groups attached to an aromatic ring is 1. The molecule has 0 aliphatic rings. The van der Waals surface area contributed by atoms with Gasteiger partial charge >= 0.3 is 5.97 Å². The lowest BCUT2D eigenvalue weighted by Crippen LogP contribution is -2.30. The van der Waals surface area contributed by atoms with Gasteiger partial charge in [0.15, 0.2) is 0 Å². The van der Waals surface area contributed by atoms with Gasteiger partial charge < -0.3 is 15.2 Å². The van der Waals surface area contributed by atoms with Crippen molar-refractivity contribution in [3.05, 3.63) is 29.8 Å². The Morgan fingerprint density at radius 2 is 1.88 bits per heavy atom. The number of hydrogen-bond donors (Lipinski definition) is 1. The Balaban J connectivity index is 2.42. The molecule has 0 amide bonds. The average Bonchev–Trinajstić information content (AvgIpc) is 2.30. The fourth-order valence-corrected chi connectivity index (χ4v) is 1.37. The Kier molecular flexibility index (Phi) is 4.52. The van der Waals surface area contributed by atoms with E-state index in [1.807, 2.05) is 24.3 Å². The minimum Gasteiger partial charge on any atom is -0.469 e. The van der Waals surface area contributed by atoms with E-state index in [4.69, 9.17) is 15.2 Å². The predicted octanol–water partition coefficient (Wildman–Crippen LogP) is 1.98. The van der Waals surface area contributed by atoms with Crippen LogP contribution < -0.4 is 5.73 Å². The van der Waals surface area contributed by atoms with Crippen LogP contribution in [0, 0.1) is 5.41 Å². The van der Waals surface area contributed by atoms with Gasteiger partial charge in [0.2, 0.25) is 0 Å². The van der Waals surface area contributed by atoms with Crippen molar-refractivity contribution < 1.29 is 14.3 Å². The highest BCUT2D eigenvalue weighted by atomic mass is 16.5. The van der Waals surface area contributed by atoms with Crippen LogP contribution in [-0.2, 0) is 20.9 Å². The van der Waals surface area contributed by atoms with Gasteiger partial charge in [0.05, 0.1) is 25.7 Å². The zero-order chi connectivity index (χ0) is 12.9. The monoisotopic (exact) mass is 237 g/mol. The van der Waals surface area contributed by atoms with E-state index in [1.54, 1.807) is 13.8 Å². The number of benzene rings is 1. The largest absolute Gasteiger partial charge is 0.469 e. The minimum absolute atomic E-state index is 0.269. The SMILES string of the molecule is COC(=O)C(C)(C)COCc1ccc(N)cc1. The molecule has 0 fully saturated rings. The van der Waals surface area contributed by atoms with Gasteiger partial charge in [-0.2, -0.15) is 0 Å². The highest BCUT2D eigenvalue weighted by Gasteiger charge is 2.28. The zero-order valence-corrected chi connectivity index (χ0v) is 10.5. The molecule has 0 aliphatic carbocycles. The molecule has 0 saturated heterocycles. The van der Waals surface area contributed by atoms with Gasteiger partial charge in [-0.25, -0.2) is 0 Å². The number of esters is 1. The highest BCUT2D eigenvalue weighted by Crippen LogP contribution is 2.18. The molecule has 1 aromatic rings.